The van der Waals surface area contributed by atoms with Gasteiger partial charge in [0.05, 0.1) is 7.11 Å². The lowest BCUT2D eigenvalue weighted by Crippen LogP contribution is -2.18. The summed E-state index contributed by atoms with van der Waals surface area (Å²) in [6.07, 6.45) is 0. The van der Waals surface area contributed by atoms with Crippen LogP contribution in [0.3, 0.4) is 0 Å². The van der Waals surface area contributed by atoms with Crippen molar-refractivity contribution in [2.45, 2.75) is 26.4 Å². The second-order valence-corrected chi connectivity index (χ2v) is 4.81. The van der Waals surface area contributed by atoms with Gasteiger partial charge in [-0.3, -0.25) is 0 Å². The Kier molecular flexibility index (Phi) is 4.58. The van der Waals surface area contributed by atoms with Crippen LogP contribution >= 0.6 is 0 Å². The van der Waals surface area contributed by atoms with E-state index in [1.54, 1.807) is 7.11 Å². The van der Waals surface area contributed by atoms with Crippen molar-refractivity contribution >= 4 is 0 Å². The van der Waals surface area contributed by atoms with Crippen LogP contribution in [0.5, 0.6) is 5.75 Å². The van der Waals surface area contributed by atoms with E-state index >= 15 is 0 Å². The molecule has 0 aliphatic carbocycles. The van der Waals surface area contributed by atoms with Crippen LogP contribution in [-0.2, 0) is 6.54 Å². The number of ether oxygens (including phenoxy) is 1. The van der Waals surface area contributed by atoms with Gasteiger partial charge in [-0.25, -0.2) is 0 Å². The first kappa shape index (κ1) is 13.6. The molecule has 100 valence electrons. The van der Waals surface area contributed by atoms with Crippen LogP contribution in [-0.4, -0.2) is 7.11 Å². The molecule has 0 aliphatic heterocycles. The van der Waals surface area contributed by atoms with Gasteiger partial charge in [0.25, 0.3) is 0 Å². The molecule has 0 heterocycles. The number of hydrogen-bond donors (Lipinski definition) is 1. The second kappa shape index (κ2) is 6.39. The highest BCUT2D eigenvalue weighted by Gasteiger charge is 2.06. The normalized spacial score (nSPS) is 12.2. The third-order valence-electron chi connectivity index (χ3n) is 3.43. The van der Waals surface area contributed by atoms with Gasteiger partial charge in [0, 0.05) is 12.6 Å². The molecule has 1 unspecified atom stereocenters. The van der Waals surface area contributed by atoms with Crippen LogP contribution in [0.15, 0.2) is 48.5 Å². The molecule has 2 rings (SSSR count). The Morgan fingerprint density at radius 3 is 2.37 bits per heavy atom. The molecule has 1 N–H and O–H groups in total. The van der Waals surface area contributed by atoms with Gasteiger partial charge < -0.3 is 10.1 Å². The summed E-state index contributed by atoms with van der Waals surface area (Å²) in [5.74, 6) is 0.899. The molecule has 0 aliphatic rings. The zero-order valence-corrected chi connectivity index (χ0v) is 11.8. The summed E-state index contributed by atoms with van der Waals surface area (Å²) in [6.45, 7) is 5.21. The van der Waals surface area contributed by atoms with Gasteiger partial charge in [-0.15, -0.1) is 0 Å². The SMILES string of the molecule is COc1ccc(CNC(C)c2ccccc2C)cc1. The first-order chi connectivity index (χ1) is 9.20. The lowest BCUT2D eigenvalue weighted by Gasteiger charge is -2.16. The van der Waals surface area contributed by atoms with Crippen LogP contribution < -0.4 is 10.1 Å². The Balaban J connectivity index is 1.96. The summed E-state index contributed by atoms with van der Waals surface area (Å²) in [6, 6.07) is 17.0. The standard InChI is InChI=1S/C17H21NO/c1-13-6-4-5-7-17(13)14(2)18-12-15-8-10-16(19-3)11-9-15/h4-11,14,18H,12H2,1-3H3. The Hall–Kier alpha value is -1.80. The van der Waals surface area contributed by atoms with E-state index in [0.29, 0.717) is 6.04 Å². The largest absolute Gasteiger partial charge is 0.497 e. The van der Waals surface area contributed by atoms with E-state index in [0.717, 1.165) is 12.3 Å². The molecule has 2 aromatic rings. The molecule has 0 bridgehead atoms. The summed E-state index contributed by atoms with van der Waals surface area (Å²) in [5, 5.41) is 3.55. The summed E-state index contributed by atoms with van der Waals surface area (Å²) in [4.78, 5) is 0. The zero-order chi connectivity index (χ0) is 13.7. The molecule has 2 heteroatoms. The molecule has 0 amide bonds. The highest BCUT2D eigenvalue weighted by molar-refractivity contribution is 5.29. The number of aryl methyl sites for hydroxylation is 1. The maximum atomic E-state index is 5.16. The third-order valence-corrected chi connectivity index (χ3v) is 3.43. The quantitative estimate of drug-likeness (QED) is 0.876. The maximum Gasteiger partial charge on any atom is 0.118 e. The highest BCUT2D eigenvalue weighted by atomic mass is 16.5. The number of nitrogens with one attached hydrogen (secondary N) is 1. The van der Waals surface area contributed by atoms with Crippen molar-refractivity contribution in [3.63, 3.8) is 0 Å². The van der Waals surface area contributed by atoms with E-state index in [4.69, 9.17) is 4.74 Å². The summed E-state index contributed by atoms with van der Waals surface area (Å²) in [5.41, 5.74) is 3.95. The van der Waals surface area contributed by atoms with Crippen molar-refractivity contribution in [2.24, 2.45) is 0 Å². The van der Waals surface area contributed by atoms with Crippen LogP contribution in [0.25, 0.3) is 0 Å². The van der Waals surface area contributed by atoms with Crippen molar-refractivity contribution in [3.8, 4) is 5.75 Å². The fourth-order valence-corrected chi connectivity index (χ4v) is 2.20. The van der Waals surface area contributed by atoms with Crippen LogP contribution in [0.1, 0.15) is 29.7 Å². The van der Waals surface area contributed by atoms with Gasteiger partial charge >= 0.3 is 0 Å². The number of rotatable bonds is 5. The van der Waals surface area contributed by atoms with E-state index in [1.165, 1.54) is 16.7 Å². The van der Waals surface area contributed by atoms with Crippen LogP contribution in [0.4, 0.5) is 0 Å². The lowest BCUT2D eigenvalue weighted by molar-refractivity contribution is 0.414. The topological polar surface area (TPSA) is 21.3 Å². The van der Waals surface area contributed by atoms with E-state index in [-0.39, 0.29) is 0 Å². The van der Waals surface area contributed by atoms with Gasteiger partial charge in [0.2, 0.25) is 0 Å². The molecule has 0 radical (unpaired) electrons. The average Bonchev–Trinajstić information content (AvgIpc) is 2.46. The third kappa shape index (κ3) is 3.58. The molecular weight excluding hydrogens is 234 g/mol. The van der Waals surface area contributed by atoms with E-state index < -0.39 is 0 Å². The van der Waals surface area contributed by atoms with Crippen LogP contribution in [0.2, 0.25) is 0 Å². The minimum atomic E-state index is 0.350. The fourth-order valence-electron chi connectivity index (χ4n) is 2.20. The summed E-state index contributed by atoms with van der Waals surface area (Å²) in [7, 11) is 1.69. The average molecular weight is 255 g/mol. The van der Waals surface area contributed by atoms with Gasteiger partial charge in [-0.05, 0) is 42.7 Å². The van der Waals surface area contributed by atoms with Crippen molar-refractivity contribution < 1.29 is 4.74 Å². The minimum absolute atomic E-state index is 0.350. The first-order valence-corrected chi connectivity index (χ1v) is 6.62. The highest BCUT2D eigenvalue weighted by Crippen LogP contribution is 2.18. The second-order valence-electron chi connectivity index (χ2n) is 4.81. The predicted octanol–water partition coefficient (Wildman–Crippen LogP) is 3.85. The molecule has 1 atom stereocenters. The Labute approximate surface area is 115 Å². The molecular formula is C17H21NO. The van der Waals surface area contributed by atoms with Crippen molar-refractivity contribution in [1.82, 2.24) is 5.32 Å². The molecule has 0 fully saturated rings. The predicted molar refractivity (Wildman–Crippen MR) is 79.4 cm³/mol. The van der Waals surface area contributed by atoms with E-state index in [9.17, 15) is 0 Å². The van der Waals surface area contributed by atoms with Gasteiger partial charge in [-0.1, -0.05) is 36.4 Å². The molecule has 19 heavy (non-hydrogen) atoms. The molecule has 0 saturated heterocycles. The Bertz CT molecular complexity index is 519. The maximum absolute atomic E-state index is 5.16. The van der Waals surface area contributed by atoms with Gasteiger partial charge in [0.15, 0.2) is 0 Å². The van der Waals surface area contributed by atoms with Crippen molar-refractivity contribution in [1.29, 1.82) is 0 Å². The van der Waals surface area contributed by atoms with Crippen LogP contribution in [0, 0.1) is 6.92 Å². The molecule has 2 nitrogen and oxygen atoms in total. The Morgan fingerprint density at radius 2 is 1.74 bits per heavy atom. The van der Waals surface area contributed by atoms with E-state index in [1.807, 2.05) is 12.1 Å². The van der Waals surface area contributed by atoms with Crippen molar-refractivity contribution in [3.05, 3.63) is 65.2 Å². The molecule has 0 spiro atoms. The number of benzene rings is 2. The van der Waals surface area contributed by atoms with Gasteiger partial charge in [0.1, 0.15) is 5.75 Å². The zero-order valence-electron chi connectivity index (χ0n) is 11.8. The van der Waals surface area contributed by atoms with Gasteiger partial charge in [-0.2, -0.15) is 0 Å². The lowest BCUT2D eigenvalue weighted by atomic mass is 10.0. The minimum Gasteiger partial charge on any atom is -0.497 e. The molecule has 2 aromatic carbocycles. The molecule has 0 saturated carbocycles. The number of methoxy groups -OCH3 is 1. The smallest absolute Gasteiger partial charge is 0.118 e. The van der Waals surface area contributed by atoms with E-state index in [2.05, 4.69) is 55.6 Å². The monoisotopic (exact) mass is 255 g/mol. The number of hydrogen-bond acceptors (Lipinski definition) is 2. The van der Waals surface area contributed by atoms with Crippen molar-refractivity contribution in [2.75, 3.05) is 7.11 Å². The first-order valence-electron chi connectivity index (χ1n) is 6.62. The fraction of sp³-hybridized carbons (Fsp3) is 0.294. The summed E-state index contributed by atoms with van der Waals surface area (Å²) < 4.78 is 5.16. The molecule has 0 aromatic heterocycles. The Morgan fingerprint density at radius 1 is 1.05 bits per heavy atom. The summed E-state index contributed by atoms with van der Waals surface area (Å²) >= 11 is 0.